The fourth-order valence-electron chi connectivity index (χ4n) is 2.23. The van der Waals surface area contributed by atoms with E-state index in [4.69, 9.17) is 4.74 Å². The number of aliphatic imine (C=N–C) groups is 1. The Hall–Kier alpha value is -0.0800. The van der Waals surface area contributed by atoms with Crippen LogP contribution in [-0.2, 0) is 4.74 Å². The predicted octanol–water partition coefficient (Wildman–Crippen LogP) is 2.07. The lowest BCUT2D eigenvalue weighted by atomic mass is 10.2. The maximum atomic E-state index is 5.60. The van der Waals surface area contributed by atoms with Gasteiger partial charge >= 0.3 is 0 Å². The van der Waals surface area contributed by atoms with Crippen LogP contribution >= 0.6 is 24.0 Å². The van der Waals surface area contributed by atoms with Gasteiger partial charge in [0, 0.05) is 26.2 Å². The van der Waals surface area contributed by atoms with Crippen LogP contribution in [0.5, 0.6) is 0 Å². The first-order chi connectivity index (χ1) is 9.76. The summed E-state index contributed by atoms with van der Waals surface area (Å²) in [7, 11) is 2.17. The molecule has 1 unspecified atom stereocenters. The van der Waals surface area contributed by atoms with Crippen LogP contribution in [0.4, 0.5) is 0 Å². The molecule has 2 N–H and O–H groups in total. The molecule has 0 radical (unpaired) electrons. The number of rotatable bonds is 9. The van der Waals surface area contributed by atoms with Crippen molar-refractivity contribution in [3.63, 3.8) is 0 Å². The van der Waals surface area contributed by atoms with Gasteiger partial charge in [-0.3, -0.25) is 4.99 Å². The maximum Gasteiger partial charge on any atom is 0.191 e. The molecule has 1 atom stereocenters. The zero-order valence-electron chi connectivity index (χ0n) is 13.9. The molecule has 0 amide bonds. The van der Waals surface area contributed by atoms with Gasteiger partial charge < -0.3 is 20.3 Å². The van der Waals surface area contributed by atoms with Crippen molar-refractivity contribution in [2.75, 3.05) is 46.4 Å². The lowest BCUT2D eigenvalue weighted by molar-refractivity contribution is 0.117. The minimum atomic E-state index is 0. The molecule has 1 aliphatic rings. The second-order valence-corrected chi connectivity index (χ2v) is 5.44. The van der Waals surface area contributed by atoms with Gasteiger partial charge in [0.25, 0.3) is 0 Å². The predicted molar refractivity (Wildman–Crippen MR) is 101 cm³/mol. The molecule has 1 aliphatic heterocycles. The third kappa shape index (κ3) is 10.3. The van der Waals surface area contributed by atoms with Crippen LogP contribution in [0.2, 0.25) is 0 Å². The van der Waals surface area contributed by atoms with Crippen molar-refractivity contribution in [3.05, 3.63) is 0 Å². The normalized spacial score (nSPS) is 18.7. The Kier molecular flexibility index (Phi) is 13.5. The first kappa shape index (κ1) is 20.9. The molecule has 1 heterocycles. The standard InChI is InChI=1S/C15H32N4O.HI/c1-4-6-10-19(3)11-9-17-15(16-5-2)18-13-14-8-7-12-20-14;/h14H,4-13H2,1-3H3,(H2,16,17,18);1H. The lowest BCUT2D eigenvalue weighted by Gasteiger charge is -2.18. The van der Waals surface area contributed by atoms with E-state index in [0.717, 1.165) is 45.2 Å². The summed E-state index contributed by atoms with van der Waals surface area (Å²) in [5, 5.41) is 6.68. The fraction of sp³-hybridized carbons (Fsp3) is 0.933. The number of hydrogen-bond acceptors (Lipinski definition) is 3. The average Bonchev–Trinajstić information content (AvgIpc) is 2.95. The molecule has 1 saturated heterocycles. The molecule has 21 heavy (non-hydrogen) atoms. The van der Waals surface area contributed by atoms with Gasteiger partial charge in [0.05, 0.1) is 12.6 Å². The second kappa shape index (κ2) is 13.6. The van der Waals surface area contributed by atoms with Crippen LogP contribution in [0, 0.1) is 0 Å². The third-order valence-corrected chi connectivity index (χ3v) is 3.50. The molecule has 6 heteroatoms. The summed E-state index contributed by atoms with van der Waals surface area (Å²) in [5.74, 6) is 0.909. The highest BCUT2D eigenvalue weighted by molar-refractivity contribution is 14.0. The van der Waals surface area contributed by atoms with E-state index >= 15 is 0 Å². The molecule has 0 saturated carbocycles. The number of nitrogens with one attached hydrogen (secondary N) is 2. The minimum absolute atomic E-state index is 0. The number of ether oxygens (including phenoxy) is 1. The number of nitrogens with zero attached hydrogens (tertiary/aromatic N) is 2. The Labute approximate surface area is 147 Å². The lowest BCUT2D eigenvalue weighted by Crippen LogP contribution is -2.41. The summed E-state index contributed by atoms with van der Waals surface area (Å²) in [6.07, 6.45) is 5.15. The van der Waals surface area contributed by atoms with E-state index in [1.165, 1.54) is 25.8 Å². The van der Waals surface area contributed by atoms with Gasteiger partial charge in [-0.2, -0.15) is 0 Å². The van der Waals surface area contributed by atoms with E-state index in [0.29, 0.717) is 6.10 Å². The molecule has 1 fully saturated rings. The Morgan fingerprint density at radius 2 is 2.10 bits per heavy atom. The smallest absolute Gasteiger partial charge is 0.191 e. The van der Waals surface area contributed by atoms with E-state index in [1.807, 2.05) is 0 Å². The van der Waals surface area contributed by atoms with Crippen molar-refractivity contribution in [1.29, 1.82) is 0 Å². The van der Waals surface area contributed by atoms with Gasteiger partial charge in [-0.15, -0.1) is 24.0 Å². The monoisotopic (exact) mass is 412 g/mol. The number of unbranched alkanes of at least 4 members (excludes halogenated alkanes) is 1. The molecule has 126 valence electrons. The Bertz CT molecular complexity index is 270. The first-order valence-corrected chi connectivity index (χ1v) is 8.08. The Balaban J connectivity index is 0.00000400. The number of likely N-dealkylation sites (N-methyl/N-ethyl adjacent to an activating group) is 1. The highest BCUT2D eigenvalue weighted by Gasteiger charge is 2.14. The van der Waals surface area contributed by atoms with Crippen molar-refractivity contribution < 1.29 is 4.74 Å². The summed E-state index contributed by atoms with van der Waals surface area (Å²) in [4.78, 5) is 6.97. The summed E-state index contributed by atoms with van der Waals surface area (Å²) < 4.78 is 5.60. The zero-order valence-corrected chi connectivity index (χ0v) is 16.2. The number of halogens is 1. The van der Waals surface area contributed by atoms with Crippen molar-refractivity contribution in [2.24, 2.45) is 4.99 Å². The Morgan fingerprint density at radius 1 is 1.29 bits per heavy atom. The van der Waals surface area contributed by atoms with Crippen LogP contribution in [0.3, 0.4) is 0 Å². The van der Waals surface area contributed by atoms with Gasteiger partial charge in [-0.05, 0) is 39.8 Å². The molecule has 0 aliphatic carbocycles. The Morgan fingerprint density at radius 3 is 2.71 bits per heavy atom. The summed E-state index contributed by atoms with van der Waals surface area (Å²) in [5.41, 5.74) is 0. The molecule has 0 bridgehead atoms. The van der Waals surface area contributed by atoms with Crippen LogP contribution in [0.1, 0.15) is 39.5 Å². The topological polar surface area (TPSA) is 48.9 Å². The SMILES string of the molecule is CCCCN(C)CCNC(=NCC1CCCO1)NCC.I. The number of guanidine groups is 1. The number of hydrogen-bond donors (Lipinski definition) is 2. The minimum Gasteiger partial charge on any atom is -0.376 e. The molecule has 0 spiro atoms. The third-order valence-electron chi connectivity index (χ3n) is 3.50. The quantitative estimate of drug-likeness (QED) is 0.346. The molecule has 0 aromatic rings. The highest BCUT2D eigenvalue weighted by Crippen LogP contribution is 2.11. The largest absolute Gasteiger partial charge is 0.376 e. The summed E-state index contributed by atoms with van der Waals surface area (Å²) in [6.45, 7) is 10.0. The highest BCUT2D eigenvalue weighted by atomic mass is 127. The van der Waals surface area contributed by atoms with Crippen LogP contribution in [0.25, 0.3) is 0 Å². The van der Waals surface area contributed by atoms with E-state index in [2.05, 4.69) is 41.4 Å². The maximum absolute atomic E-state index is 5.60. The van der Waals surface area contributed by atoms with Crippen molar-refractivity contribution in [1.82, 2.24) is 15.5 Å². The van der Waals surface area contributed by atoms with E-state index in [9.17, 15) is 0 Å². The van der Waals surface area contributed by atoms with Gasteiger partial charge in [0.2, 0.25) is 0 Å². The van der Waals surface area contributed by atoms with Gasteiger partial charge in [-0.25, -0.2) is 0 Å². The fourth-order valence-corrected chi connectivity index (χ4v) is 2.23. The van der Waals surface area contributed by atoms with E-state index in [-0.39, 0.29) is 24.0 Å². The van der Waals surface area contributed by atoms with Crippen LogP contribution in [0.15, 0.2) is 4.99 Å². The summed E-state index contributed by atoms with van der Waals surface area (Å²) >= 11 is 0. The average molecular weight is 412 g/mol. The van der Waals surface area contributed by atoms with Crippen molar-refractivity contribution in [3.8, 4) is 0 Å². The van der Waals surface area contributed by atoms with E-state index < -0.39 is 0 Å². The van der Waals surface area contributed by atoms with Crippen LogP contribution in [-0.4, -0.2) is 63.3 Å². The molecular formula is C15H33IN4O. The van der Waals surface area contributed by atoms with Gasteiger partial charge in [0.1, 0.15) is 0 Å². The molecule has 0 aromatic heterocycles. The zero-order chi connectivity index (χ0) is 14.6. The van der Waals surface area contributed by atoms with E-state index in [1.54, 1.807) is 0 Å². The first-order valence-electron chi connectivity index (χ1n) is 8.08. The van der Waals surface area contributed by atoms with Gasteiger partial charge in [-0.1, -0.05) is 13.3 Å². The molecular weight excluding hydrogens is 379 g/mol. The molecule has 0 aromatic carbocycles. The molecule has 1 rings (SSSR count). The van der Waals surface area contributed by atoms with Gasteiger partial charge in [0.15, 0.2) is 5.96 Å². The van der Waals surface area contributed by atoms with Crippen LogP contribution < -0.4 is 10.6 Å². The molecule has 5 nitrogen and oxygen atoms in total. The van der Waals surface area contributed by atoms with Crippen molar-refractivity contribution in [2.45, 2.75) is 45.6 Å². The van der Waals surface area contributed by atoms with Crippen molar-refractivity contribution >= 4 is 29.9 Å². The summed E-state index contributed by atoms with van der Waals surface area (Å²) in [6, 6.07) is 0. The second-order valence-electron chi connectivity index (χ2n) is 5.44.